The number of carbonyl (C=O) groups excluding carboxylic acids is 4. The summed E-state index contributed by atoms with van der Waals surface area (Å²) >= 11 is 0. The van der Waals surface area contributed by atoms with Crippen LogP contribution in [-0.2, 0) is 35.0 Å². The van der Waals surface area contributed by atoms with Crippen molar-refractivity contribution in [1.29, 1.82) is 0 Å². The van der Waals surface area contributed by atoms with Gasteiger partial charge in [-0.1, -0.05) is 33.3 Å². The van der Waals surface area contributed by atoms with Gasteiger partial charge in [0.2, 0.25) is 0 Å². The van der Waals surface area contributed by atoms with E-state index in [1.807, 2.05) is 20.8 Å². The molecule has 0 aliphatic carbocycles. The molecule has 0 aliphatic heterocycles. The van der Waals surface area contributed by atoms with E-state index in [4.69, 9.17) is 34.2 Å². The summed E-state index contributed by atoms with van der Waals surface area (Å²) in [6.45, 7) is 7.55. The van der Waals surface area contributed by atoms with Gasteiger partial charge >= 0.3 is 24.2 Å². The first-order valence-electron chi connectivity index (χ1n) is 12.5. The largest absolute Gasteiger partial charge is 0.513 e. The minimum Gasteiger partial charge on any atom is -0.468 e. The maximum atomic E-state index is 12.6. The van der Waals surface area contributed by atoms with Crippen molar-refractivity contribution in [3.8, 4) is 11.5 Å². The second-order valence-electron chi connectivity index (χ2n) is 8.61. The molecule has 0 saturated carbocycles. The molecular weight excluding hydrogens is 486 g/mol. The molecule has 0 aromatic heterocycles. The average molecular weight is 526 g/mol. The van der Waals surface area contributed by atoms with Crippen LogP contribution in [0, 0.1) is 0 Å². The lowest BCUT2D eigenvalue weighted by atomic mass is 9.86. The third-order valence-electron chi connectivity index (χ3n) is 5.07. The van der Waals surface area contributed by atoms with Gasteiger partial charge in [0, 0.05) is 19.3 Å². The SMILES string of the molecule is CCCCC(=O)OC(C)C[C@@](N)(Cc1ccc(OC(=O)OCCC)c(OC(=O)OCCC)c1)C(=O)OC. The van der Waals surface area contributed by atoms with E-state index in [0.717, 1.165) is 6.42 Å². The van der Waals surface area contributed by atoms with E-state index in [1.54, 1.807) is 13.0 Å². The molecule has 1 rings (SSSR count). The number of hydrogen-bond donors (Lipinski definition) is 1. The molecule has 37 heavy (non-hydrogen) atoms. The number of methoxy groups -OCH3 is 1. The van der Waals surface area contributed by atoms with Crippen molar-refractivity contribution < 1.29 is 47.6 Å². The lowest BCUT2D eigenvalue weighted by Crippen LogP contribution is -2.53. The van der Waals surface area contributed by atoms with E-state index < -0.39 is 29.9 Å². The van der Waals surface area contributed by atoms with Gasteiger partial charge in [0.05, 0.1) is 20.3 Å². The van der Waals surface area contributed by atoms with Crippen LogP contribution in [0.15, 0.2) is 18.2 Å². The minimum atomic E-state index is -1.57. The molecule has 0 amide bonds. The van der Waals surface area contributed by atoms with Crippen LogP contribution in [-0.4, -0.2) is 56.2 Å². The second-order valence-corrected chi connectivity index (χ2v) is 8.61. The van der Waals surface area contributed by atoms with Gasteiger partial charge in [-0.25, -0.2) is 9.59 Å². The lowest BCUT2D eigenvalue weighted by Gasteiger charge is -2.29. The van der Waals surface area contributed by atoms with Crippen molar-refractivity contribution in [1.82, 2.24) is 0 Å². The zero-order chi connectivity index (χ0) is 27.8. The highest BCUT2D eigenvalue weighted by Gasteiger charge is 2.38. The Morgan fingerprint density at radius 1 is 0.919 bits per heavy atom. The number of unbranched alkanes of at least 4 members (excludes halogenated alkanes) is 1. The highest BCUT2D eigenvalue weighted by Crippen LogP contribution is 2.31. The number of nitrogens with two attached hydrogens (primary N) is 1. The first kappa shape index (κ1) is 31.7. The Morgan fingerprint density at radius 3 is 2.05 bits per heavy atom. The predicted molar refractivity (Wildman–Crippen MR) is 133 cm³/mol. The molecule has 0 radical (unpaired) electrons. The van der Waals surface area contributed by atoms with Gasteiger partial charge in [0.15, 0.2) is 11.5 Å². The van der Waals surface area contributed by atoms with Crippen LogP contribution >= 0.6 is 0 Å². The molecule has 1 unspecified atom stereocenters. The fourth-order valence-corrected chi connectivity index (χ4v) is 3.39. The third kappa shape index (κ3) is 11.5. The molecule has 208 valence electrons. The molecule has 0 spiro atoms. The van der Waals surface area contributed by atoms with Gasteiger partial charge in [0.25, 0.3) is 0 Å². The summed E-state index contributed by atoms with van der Waals surface area (Å²) < 4.78 is 30.6. The zero-order valence-electron chi connectivity index (χ0n) is 22.3. The Balaban J connectivity index is 3.17. The van der Waals surface area contributed by atoms with Gasteiger partial charge < -0.3 is 34.2 Å². The molecule has 11 nitrogen and oxygen atoms in total. The van der Waals surface area contributed by atoms with Crippen molar-refractivity contribution in [3.05, 3.63) is 23.8 Å². The highest BCUT2D eigenvalue weighted by molar-refractivity contribution is 5.81. The zero-order valence-corrected chi connectivity index (χ0v) is 22.3. The Kier molecular flexibility index (Phi) is 14.1. The van der Waals surface area contributed by atoms with Crippen LogP contribution in [0.2, 0.25) is 0 Å². The number of rotatable bonds is 15. The van der Waals surface area contributed by atoms with E-state index in [0.29, 0.717) is 24.8 Å². The fourth-order valence-electron chi connectivity index (χ4n) is 3.39. The van der Waals surface area contributed by atoms with Crippen molar-refractivity contribution in [2.75, 3.05) is 20.3 Å². The smallest absolute Gasteiger partial charge is 0.468 e. The molecule has 0 fully saturated rings. The maximum Gasteiger partial charge on any atom is 0.513 e. The molecule has 2 atom stereocenters. The minimum absolute atomic E-state index is 0.0200. The number of carbonyl (C=O) groups is 4. The van der Waals surface area contributed by atoms with Gasteiger partial charge in [-0.05, 0) is 43.9 Å². The normalized spacial score (nSPS) is 13.0. The van der Waals surface area contributed by atoms with E-state index in [9.17, 15) is 19.2 Å². The summed E-state index contributed by atoms with van der Waals surface area (Å²) in [6.07, 6.45) is 0.284. The third-order valence-corrected chi connectivity index (χ3v) is 5.07. The van der Waals surface area contributed by atoms with Crippen LogP contribution in [0.5, 0.6) is 11.5 Å². The lowest BCUT2D eigenvalue weighted by molar-refractivity contribution is -0.155. The molecule has 1 aromatic rings. The first-order chi connectivity index (χ1) is 17.6. The number of benzene rings is 1. The number of ether oxygens (including phenoxy) is 6. The van der Waals surface area contributed by atoms with E-state index in [-0.39, 0.29) is 49.9 Å². The standard InChI is InChI=1S/C26H39NO10/c1-6-9-10-22(28)35-18(4)16-26(27,23(29)32-5)17-19-11-12-20(36-24(30)33-13-7-2)21(15-19)37-25(31)34-14-8-3/h11-12,15,18H,6-10,13-14,16-17,27H2,1-5H3/t18?,26-/m1/s1. The highest BCUT2D eigenvalue weighted by atomic mass is 16.7. The van der Waals surface area contributed by atoms with Gasteiger partial charge in [0.1, 0.15) is 11.6 Å². The van der Waals surface area contributed by atoms with Gasteiger partial charge in [-0.2, -0.15) is 0 Å². The Bertz CT molecular complexity index is 903. The summed E-state index contributed by atoms with van der Waals surface area (Å²) in [4.78, 5) is 48.7. The number of hydrogen-bond acceptors (Lipinski definition) is 11. The van der Waals surface area contributed by atoms with E-state index in [2.05, 4.69) is 0 Å². The van der Waals surface area contributed by atoms with Crippen molar-refractivity contribution in [2.24, 2.45) is 5.73 Å². The van der Waals surface area contributed by atoms with Gasteiger partial charge in [-0.15, -0.1) is 0 Å². The van der Waals surface area contributed by atoms with Crippen LogP contribution in [0.1, 0.15) is 71.8 Å². The molecular formula is C26H39NO10. The molecule has 0 heterocycles. The van der Waals surface area contributed by atoms with Gasteiger partial charge in [-0.3, -0.25) is 9.59 Å². The molecule has 0 bridgehead atoms. The van der Waals surface area contributed by atoms with Crippen LogP contribution in [0.4, 0.5) is 9.59 Å². The topological polar surface area (TPSA) is 150 Å². The quantitative estimate of drug-likeness (QED) is 0.196. The summed E-state index contributed by atoms with van der Waals surface area (Å²) in [5.74, 6) is -1.30. The maximum absolute atomic E-state index is 12.6. The molecule has 0 saturated heterocycles. The average Bonchev–Trinajstić information content (AvgIpc) is 2.85. The van der Waals surface area contributed by atoms with Crippen molar-refractivity contribution in [3.63, 3.8) is 0 Å². The summed E-state index contributed by atoms with van der Waals surface area (Å²) in [7, 11) is 1.21. The summed E-state index contributed by atoms with van der Waals surface area (Å²) in [5.41, 5.74) is 5.34. The fraction of sp³-hybridized carbons (Fsp3) is 0.615. The molecule has 1 aromatic carbocycles. The number of esters is 2. The van der Waals surface area contributed by atoms with Crippen molar-refractivity contribution in [2.45, 2.75) is 84.3 Å². The Labute approximate surface area is 217 Å². The van der Waals surface area contributed by atoms with Crippen molar-refractivity contribution >= 4 is 24.2 Å². The second kappa shape index (κ2) is 16.4. The molecule has 11 heteroatoms. The Hall–Kier alpha value is -3.34. The van der Waals surface area contributed by atoms with Crippen LogP contribution < -0.4 is 15.2 Å². The van der Waals surface area contributed by atoms with Crippen LogP contribution in [0.3, 0.4) is 0 Å². The summed E-state index contributed by atoms with van der Waals surface area (Å²) in [6, 6.07) is 4.34. The Morgan fingerprint density at radius 2 is 1.51 bits per heavy atom. The van der Waals surface area contributed by atoms with Crippen LogP contribution in [0.25, 0.3) is 0 Å². The van der Waals surface area contributed by atoms with E-state index in [1.165, 1.54) is 19.2 Å². The van der Waals surface area contributed by atoms with E-state index >= 15 is 0 Å². The molecule has 2 N–H and O–H groups in total. The molecule has 0 aliphatic rings. The first-order valence-corrected chi connectivity index (χ1v) is 12.5. The predicted octanol–water partition coefficient (Wildman–Crippen LogP) is 4.46. The monoisotopic (exact) mass is 525 g/mol. The summed E-state index contributed by atoms with van der Waals surface area (Å²) in [5, 5.41) is 0.